The van der Waals surface area contributed by atoms with Gasteiger partial charge in [0.25, 0.3) is 11.7 Å². The number of amides is 1. The van der Waals surface area contributed by atoms with Crippen LogP contribution in [0.15, 0.2) is 4.52 Å². The highest BCUT2D eigenvalue weighted by Gasteiger charge is 2.43. The molecule has 8 heteroatoms. The van der Waals surface area contributed by atoms with Crippen molar-refractivity contribution in [3.05, 3.63) is 11.7 Å². The van der Waals surface area contributed by atoms with E-state index in [4.69, 9.17) is 14.4 Å². The zero-order valence-corrected chi connectivity index (χ0v) is 10.8. The van der Waals surface area contributed by atoms with Crippen molar-refractivity contribution < 1.29 is 24.0 Å². The SMILES string of the molecule is COC1(C(=O)O)CCN(C(=O)c2noc(C)n2)CC1. The van der Waals surface area contributed by atoms with E-state index in [2.05, 4.69) is 10.1 Å². The van der Waals surface area contributed by atoms with E-state index >= 15 is 0 Å². The zero-order valence-electron chi connectivity index (χ0n) is 10.8. The Balaban J connectivity index is 2.04. The molecule has 2 heterocycles. The van der Waals surface area contributed by atoms with Gasteiger partial charge in [0.2, 0.25) is 5.89 Å². The van der Waals surface area contributed by atoms with E-state index < -0.39 is 11.6 Å². The third-order valence-electron chi connectivity index (χ3n) is 3.36. The molecule has 104 valence electrons. The van der Waals surface area contributed by atoms with Gasteiger partial charge < -0.3 is 19.3 Å². The Morgan fingerprint density at radius 1 is 1.42 bits per heavy atom. The average Bonchev–Trinajstić information content (AvgIpc) is 2.84. The van der Waals surface area contributed by atoms with E-state index in [1.54, 1.807) is 6.92 Å². The van der Waals surface area contributed by atoms with Crippen LogP contribution in [0.25, 0.3) is 0 Å². The van der Waals surface area contributed by atoms with Gasteiger partial charge in [-0.1, -0.05) is 5.16 Å². The molecule has 1 saturated heterocycles. The summed E-state index contributed by atoms with van der Waals surface area (Å²) in [6.45, 7) is 2.17. The highest BCUT2D eigenvalue weighted by atomic mass is 16.5. The molecular weight excluding hydrogens is 254 g/mol. The van der Waals surface area contributed by atoms with Gasteiger partial charge >= 0.3 is 5.97 Å². The number of aromatic nitrogens is 2. The molecule has 1 aromatic rings. The molecule has 1 fully saturated rings. The lowest BCUT2D eigenvalue weighted by Crippen LogP contribution is -2.52. The Labute approximate surface area is 109 Å². The van der Waals surface area contributed by atoms with Crippen LogP contribution in [0.5, 0.6) is 0 Å². The second-order valence-electron chi connectivity index (χ2n) is 4.43. The maximum atomic E-state index is 12.0. The van der Waals surface area contributed by atoms with Crippen LogP contribution in [-0.4, -0.2) is 57.8 Å². The van der Waals surface area contributed by atoms with E-state index in [-0.39, 0.29) is 37.7 Å². The number of piperidine rings is 1. The largest absolute Gasteiger partial charge is 0.479 e. The number of ether oxygens (including phenoxy) is 1. The normalized spacial score (nSPS) is 18.3. The first-order chi connectivity index (χ1) is 8.98. The summed E-state index contributed by atoms with van der Waals surface area (Å²) in [4.78, 5) is 28.6. The zero-order chi connectivity index (χ0) is 14.0. The minimum atomic E-state index is -1.20. The predicted molar refractivity (Wildman–Crippen MR) is 61.5 cm³/mol. The van der Waals surface area contributed by atoms with Crippen molar-refractivity contribution in [1.82, 2.24) is 15.0 Å². The van der Waals surface area contributed by atoms with Crippen LogP contribution >= 0.6 is 0 Å². The van der Waals surface area contributed by atoms with Crippen molar-refractivity contribution >= 4 is 11.9 Å². The third-order valence-corrected chi connectivity index (χ3v) is 3.36. The molecule has 8 nitrogen and oxygen atoms in total. The van der Waals surface area contributed by atoms with Crippen LogP contribution < -0.4 is 0 Å². The highest BCUT2D eigenvalue weighted by molar-refractivity contribution is 5.90. The first-order valence-corrected chi connectivity index (χ1v) is 5.86. The predicted octanol–water partition coefficient (Wildman–Crippen LogP) is 0.0838. The molecule has 19 heavy (non-hydrogen) atoms. The number of carbonyl (C=O) groups is 2. The Bertz CT molecular complexity index is 490. The fourth-order valence-electron chi connectivity index (χ4n) is 2.10. The van der Waals surface area contributed by atoms with E-state index in [0.717, 1.165) is 0 Å². The van der Waals surface area contributed by atoms with Gasteiger partial charge in [-0.2, -0.15) is 4.98 Å². The first-order valence-electron chi connectivity index (χ1n) is 5.86. The lowest BCUT2D eigenvalue weighted by atomic mass is 9.91. The maximum absolute atomic E-state index is 12.0. The molecule has 0 bridgehead atoms. The number of methoxy groups -OCH3 is 1. The highest BCUT2D eigenvalue weighted by Crippen LogP contribution is 2.26. The second-order valence-corrected chi connectivity index (χ2v) is 4.43. The Kier molecular flexibility index (Phi) is 3.52. The summed E-state index contributed by atoms with van der Waals surface area (Å²) in [5.41, 5.74) is -1.20. The summed E-state index contributed by atoms with van der Waals surface area (Å²) in [6.07, 6.45) is 0.475. The van der Waals surface area contributed by atoms with Crippen molar-refractivity contribution in [2.45, 2.75) is 25.4 Å². The van der Waals surface area contributed by atoms with Crippen LogP contribution in [0.1, 0.15) is 29.4 Å². The van der Waals surface area contributed by atoms with Crippen LogP contribution in [0.4, 0.5) is 0 Å². The number of hydrogen-bond acceptors (Lipinski definition) is 6. The number of carboxylic acid groups (broad SMARTS) is 1. The van der Waals surface area contributed by atoms with Gasteiger partial charge in [-0.15, -0.1) is 0 Å². The fourth-order valence-corrected chi connectivity index (χ4v) is 2.10. The maximum Gasteiger partial charge on any atom is 0.336 e. The number of nitrogens with zero attached hydrogens (tertiary/aromatic N) is 3. The van der Waals surface area contributed by atoms with Gasteiger partial charge in [0, 0.05) is 40.0 Å². The second kappa shape index (κ2) is 4.96. The molecule has 0 aromatic carbocycles. The number of carboxylic acids is 1. The standard InChI is InChI=1S/C11H15N3O5/c1-7-12-8(13-19-7)9(15)14-5-3-11(18-2,4-6-14)10(16)17/h3-6H2,1-2H3,(H,16,17). The topological polar surface area (TPSA) is 106 Å². The Hall–Kier alpha value is -1.96. The summed E-state index contributed by atoms with van der Waals surface area (Å²) < 4.78 is 9.84. The quantitative estimate of drug-likeness (QED) is 0.828. The number of rotatable bonds is 3. The third kappa shape index (κ3) is 2.43. The number of aliphatic carboxylic acids is 1. The van der Waals surface area contributed by atoms with E-state index in [9.17, 15) is 9.59 Å². The summed E-state index contributed by atoms with van der Waals surface area (Å²) in [6, 6.07) is 0. The van der Waals surface area contributed by atoms with Crippen LogP contribution in [0.3, 0.4) is 0 Å². The summed E-state index contributed by atoms with van der Waals surface area (Å²) in [5.74, 6) is -1.04. The fraction of sp³-hybridized carbons (Fsp3) is 0.636. The van der Waals surface area contributed by atoms with E-state index in [0.29, 0.717) is 5.89 Å². The summed E-state index contributed by atoms with van der Waals surface area (Å²) in [7, 11) is 1.37. The molecule has 0 aliphatic carbocycles. The molecule has 0 saturated carbocycles. The van der Waals surface area contributed by atoms with Gasteiger partial charge in [-0.3, -0.25) is 4.79 Å². The molecule has 1 amide bonds. The summed E-state index contributed by atoms with van der Waals surface area (Å²) >= 11 is 0. The number of carbonyl (C=O) groups excluding carboxylic acids is 1. The van der Waals surface area contributed by atoms with Crippen molar-refractivity contribution in [1.29, 1.82) is 0 Å². The molecule has 0 unspecified atom stereocenters. The minimum Gasteiger partial charge on any atom is -0.479 e. The van der Waals surface area contributed by atoms with Crippen LogP contribution in [0, 0.1) is 6.92 Å². The van der Waals surface area contributed by atoms with Crippen LogP contribution in [0.2, 0.25) is 0 Å². The Morgan fingerprint density at radius 2 is 2.05 bits per heavy atom. The van der Waals surface area contributed by atoms with Gasteiger partial charge in [0.05, 0.1) is 0 Å². The van der Waals surface area contributed by atoms with Gasteiger partial charge in [0.15, 0.2) is 5.60 Å². The van der Waals surface area contributed by atoms with Crippen molar-refractivity contribution in [2.75, 3.05) is 20.2 Å². The molecule has 0 spiro atoms. The van der Waals surface area contributed by atoms with Gasteiger partial charge in [-0.05, 0) is 0 Å². The molecular formula is C11H15N3O5. The number of aryl methyl sites for hydroxylation is 1. The number of hydrogen-bond donors (Lipinski definition) is 1. The van der Waals surface area contributed by atoms with Crippen molar-refractivity contribution in [2.24, 2.45) is 0 Å². The lowest BCUT2D eigenvalue weighted by Gasteiger charge is -2.37. The Morgan fingerprint density at radius 3 is 2.47 bits per heavy atom. The van der Waals surface area contributed by atoms with Crippen molar-refractivity contribution in [3.8, 4) is 0 Å². The molecule has 2 rings (SSSR count). The molecule has 1 aliphatic heterocycles. The lowest BCUT2D eigenvalue weighted by molar-refractivity contribution is -0.167. The monoisotopic (exact) mass is 269 g/mol. The first kappa shape index (κ1) is 13.5. The van der Waals surface area contributed by atoms with E-state index in [1.807, 2.05) is 0 Å². The van der Waals surface area contributed by atoms with Gasteiger partial charge in [-0.25, -0.2) is 4.79 Å². The molecule has 1 N–H and O–H groups in total. The van der Waals surface area contributed by atoms with E-state index in [1.165, 1.54) is 12.0 Å². The molecule has 0 radical (unpaired) electrons. The van der Waals surface area contributed by atoms with Crippen molar-refractivity contribution in [3.63, 3.8) is 0 Å². The minimum absolute atomic E-state index is 0.00209. The van der Waals surface area contributed by atoms with Crippen LogP contribution in [-0.2, 0) is 9.53 Å². The molecule has 1 aromatic heterocycles. The number of likely N-dealkylation sites (tertiary alicyclic amines) is 1. The smallest absolute Gasteiger partial charge is 0.336 e. The summed E-state index contributed by atoms with van der Waals surface area (Å²) in [5, 5.41) is 12.7. The molecule has 0 atom stereocenters. The van der Waals surface area contributed by atoms with Gasteiger partial charge in [0.1, 0.15) is 0 Å². The molecule has 1 aliphatic rings. The average molecular weight is 269 g/mol.